The predicted octanol–water partition coefficient (Wildman–Crippen LogP) is 7.74. The Kier molecular flexibility index (Phi) is 11.8. The van der Waals surface area contributed by atoms with Gasteiger partial charge in [-0.2, -0.15) is 0 Å². The molecule has 0 saturated carbocycles. The van der Waals surface area contributed by atoms with Crippen LogP contribution < -0.4 is 4.74 Å². The lowest BCUT2D eigenvalue weighted by Crippen LogP contribution is -1.95. The summed E-state index contributed by atoms with van der Waals surface area (Å²) in [4.78, 5) is 4.54. The highest BCUT2D eigenvalue weighted by Gasteiger charge is 1.97. The van der Waals surface area contributed by atoms with Crippen LogP contribution in [0.15, 0.2) is 53.5 Å². The van der Waals surface area contributed by atoms with Crippen LogP contribution >= 0.6 is 0 Å². The summed E-state index contributed by atoms with van der Waals surface area (Å²) in [5.74, 6) is 0.580. The number of aliphatic imine (C=N–C) groups is 1. The molecule has 0 aliphatic heterocycles. The molecule has 0 saturated heterocycles. The first kappa shape index (κ1) is 23.1. The summed E-state index contributed by atoms with van der Waals surface area (Å²) in [5.41, 5.74) is 2.04. The third-order valence-electron chi connectivity index (χ3n) is 5.08. The molecule has 29 heavy (non-hydrogen) atoms. The van der Waals surface area contributed by atoms with E-state index < -0.39 is 0 Å². The average Bonchev–Trinajstić information content (AvgIpc) is 2.75. The van der Waals surface area contributed by atoms with Crippen molar-refractivity contribution in [3.8, 4) is 5.75 Å². The van der Waals surface area contributed by atoms with Crippen molar-refractivity contribution in [2.75, 3.05) is 6.54 Å². The summed E-state index contributed by atoms with van der Waals surface area (Å²) in [5, 5.41) is 0. The van der Waals surface area contributed by atoms with Crippen molar-refractivity contribution in [3.05, 3.63) is 65.5 Å². The number of hydrogen-bond acceptors (Lipinski definition) is 2. The first-order valence-corrected chi connectivity index (χ1v) is 11.2. The van der Waals surface area contributed by atoms with Crippen molar-refractivity contribution in [2.24, 2.45) is 4.99 Å². The van der Waals surface area contributed by atoms with Gasteiger partial charge in [-0.05, 0) is 53.9 Å². The third kappa shape index (κ3) is 10.8. The van der Waals surface area contributed by atoms with Gasteiger partial charge in [0.1, 0.15) is 18.2 Å². The van der Waals surface area contributed by atoms with Crippen LogP contribution in [0.5, 0.6) is 5.75 Å². The second kappa shape index (κ2) is 14.8. The Bertz CT molecular complexity index is 679. The molecule has 0 aromatic heterocycles. The largest absolute Gasteiger partial charge is 0.489 e. The van der Waals surface area contributed by atoms with Gasteiger partial charge in [-0.3, -0.25) is 4.99 Å². The minimum absolute atomic E-state index is 0.227. The molecule has 0 N–H and O–H groups in total. The summed E-state index contributed by atoms with van der Waals surface area (Å²) in [7, 11) is 0. The van der Waals surface area contributed by atoms with Gasteiger partial charge in [-0.1, -0.05) is 76.8 Å². The average molecular weight is 398 g/mol. The van der Waals surface area contributed by atoms with Gasteiger partial charge in [0.15, 0.2) is 0 Å². The lowest BCUT2D eigenvalue weighted by atomic mass is 10.1. The Labute approximate surface area is 176 Å². The van der Waals surface area contributed by atoms with Gasteiger partial charge in [0.25, 0.3) is 0 Å². The number of nitrogens with zero attached hydrogens (tertiary/aromatic N) is 1. The van der Waals surface area contributed by atoms with Crippen molar-refractivity contribution < 1.29 is 9.13 Å². The molecular weight excluding hydrogens is 361 g/mol. The van der Waals surface area contributed by atoms with Crippen molar-refractivity contribution >= 4 is 6.21 Å². The molecule has 3 heteroatoms. The Morgan fingerprint density at radius 3 is 1.97 bits per heavy atom. The lowest BCUT2D eigenvalue weighted by molar-refractivity contribution is 0.306. The summed E-state index contributed by atoms with van der Waals surface area (Å²) in [6.45, 7) is 3.61. The third-order valence-corrected chi connectivity index (χ3v) is 5.08. The van der Waals surface area contributed by atoms with Crippen LogP contribution in [0.25, 0.3) is 0 Å². The number of benzene rings is 2. The number of halogens is 1. The number of unbranched alkanes of at least 4 members (excludes halogenated alkanes) is 9. The minimum Gasteiger partial charge on any atom is -0.489 e. The molecule has 0 aliphatic carbocycles. The van der Waals surface area contributed by atoms with Gasteiger partial charge in [0, 0.05) is 12.8 Å². The summed E-state index contributed by atoms with van der Waals surface area (Å²) in [6.07, 6.45) is 15.4. The fraction of sp³-hybridized carbons (Fsp3) is 0.500. The second-order valence-corrected chi connectivity index (χ2v) is 7.70. The van der Waals surface area contributed by atoms with Crippen molar-refractivity contribution in [1.82, 2.24) is 0 Å². The van der Waals surface area contributed by atoms with Gasteiger partial charge < -0.3 is 4.74 Å². The fourth-order valence-corrected chi connectivity index (χ4v) is 3.26. The molecule has 2 rings (SSSR count). The molecule has 0 bridgehead atoms. The maximum absolute atomic E-state index is 12.9. The highest BCUT2D eigenvalue weighted by atomic mass is 19.1. The van der Waals surface area contributed by atoms with E-state index in [2.05, 4.69) is 11.9 Å². The van der Waals surface area contributed by atoms with E-state index in [1.807, 2.05) is 30.5 Å². The van der Waals surface area contributed by atoms with E-state index in [0.29, 0.717) is 6.61 Å². The molecule has 0 unspecified atom stereocenters. The Hall–Kier alpha value is -2.16. The van der Waals surface area contributed by atoms with E-state index in [1.165, 1.54) is 76.3 Å². The maximum atomic E-state index is 12.9. The van der Waals surface area contributed by atoms with E-state index >= 15 is 0 Å². The van der Waals surface area contributed by atoms with Crippen LogP contribution in [0.4, 0.5) is 4.39 Å². The molecule has 2 aromatic carbocycles. The van der Waals surface area contributed by atoms with Gasteiger partial charge in [0.05, 0.1) is 0 Å². The van der Waals surface area contributed by atoms with Crippen molar-refractivity contribution in [2.45, 2.75) is 77.7 Å². The van der Waals surface area contributed by atoms with E-state index in [0.717, 1.165) is 23.4 Å². The van der Waals surface area contributed by atoms with Crippen LogP contribution in [0.1, 0.15) is 82.3 Å². The highest BCUT2D eigenvalue weighted by Crippen LogP contribution is 2.14. The van der Waals surface area contributed by atoms with Crippen molar-refractivity contribution in [3.63, 3.8) is 0 Å². The standard InChI is InChI=1S/C26H36FNO/c1-2-3-4-5-6-7-8-9-10-11-20-28-21-23-14-18-26(19-15-23)29-22-24-12-16-25(27)17-13-24/h12-19,21H,2-11,20,22H2,1H3/b28-21+. The zero-order valence-electron chi connectivity index (χ0n) is 17.9. The fourth-order valence-electron chi connectivity index (χ4n) is 3.26. The molecule has 0 atom stereocenters. The first-order chi connectivity index (χ1) is 14.3. The number of ether oxygens (including phenoxy) is 1. The Morgan fingerprint density at radius 2 is 1.34 bits per heavy atom. The van der Waals surface area contributed by atoms with Gasteiger partial charge in [-0.15, -0.1) is 0 Å². The first-order valence-electron chi connectivity index (χ1n) is 11.2. The smallest absolute Gasteiger partial charge is 0.123 e. The molecule has 0 spiro atoms. The van der Waals surface area contributed by atoms with Gasteiger partial charge in [-0.25, -0.2) is 4.39 Å². The summed E-state index contributed by atoms with van der Waals surface area (Å²) < 4.78 is 18.6. The van der Waals surface area contributed by atoms with Gasteiger partial charge in [0.2, 0.25) is 0 Å². The molecule has 158 valence electrons. The van der Waals surface area contributed by atoms with Gasteiger partial charge >= 0.3 is 0 Å². The van der Waals surface area contributed by atoms with E-state index in [1.54, 1.807) is 12.1 Å². The second-order valence-electron chi connectivity index (χ2n) is 7.70. The zero-order chi connectivity index (χ0) is 20.6. The Balaban J connectivity index is 1.52. The lowest BCUT2D eigenvalue weighted by Gasteiger charge is -2.06. The van der Waals surface area contributed by atoms with Crippen LogP contribution in [0, 0.1) is 5.82 Å². The topological polar surface area (TPSA) is 21.6 Å². The van der Waals surface area contributed by atoms with Crippen LogP contribution in [-0.2, 0) is 6.61 Å². The molecule has 0 fully saturated rings. The zero-order valence-corrected chi connectivity index (χ0v) is 17.9. The SMILES string of the molecule is CCCCCCCCCCCC/N=C/c1ccc(OCc2ccc(F)cc2)cc1. The van der Waals surface area contributed by atoms with E-state index in [4.69, 9.17) is 4.74 Å². The maximum Gasteiger partial charge on any atom is 0.123 e. The minimum atomic E-state index is -0.227. The molecule has 0 radical (unpaired) electrons. The number of hydrogen-bond donors (Lipinski definition) is 0. The molecule has 0 aliphatic rings. The molecule has 0 amide bonds. The molecular formula is C26H36FNO. The quantitative estimate of drug-likeness (QED) is 0.222. The molecule has 2 nitrogen and oxygen atoms in total. The van der Waals surface area contributed by atoms with Crippen LogP contribution in [-0.4, -0.2) is 12.8 Å². The highest BCUT2D eigenvalue weighted by molar-refractivity contribution is 5.79. The van der Waals surface area contributed by atoms with Crippen LogP contribution in [0.2, 0.25) is 0 Å². The van der Waals surface area contributed by atoms with E-state index in [9.17, 15) is 4.39 Å². The Morgan fingerprint density at radius 1 is 0.759 bits per heavy atom. The van der Waals surface area contributed by atoms with E-state index in [-0.39, 0.29) is 5.82 Å². The summed E-state index contributed by atoms with van der Waals surface area (Å²) in [6, 6.07) is 14.3. The summed E-state index contributed by atoms with van der Waals surface area (Å²) >= 11 is 0. The monoisotopic (exact) mass is 397 g/mol. The molecule has 2 aromatic rings. The van der Waals surface area contributed by atoms with Crippen LogP contribution in [0.3, 0.4) is 0 Å². The molecule has 0 heterocycles. The van der Waals surface area contributed by atoms with Crippen molar-refractivity contribution in [1.29, 1.82) is 0 Å². The predicted molar refractivity (Wildman–Crippen MR) is 121 cm³/mol. The normalized spacial score (nSPS) is 11.2. The number of rotatable bonds is 15.